The highest BCUT2D eigenvalue weighted by atomic mass is 79.9. The topological polar surface area (TPSA) is 90.5 Å². The van der Waals surface area contributed by atoms with Gasteiger partial charge in [0.2, 0.25) is 5.91 Å². The summed E-state index contributed by atoms with van der Waals surface area (Å²) in [4.78, 5) is 25.3. The molecule has 9 heteroatoms. The summed E-state index contributed by atoms with van der Waals surface area (Å²) in [5.74, 6) is 0.435. The minimum atomic E-state index is -0.384. The van der Waals surface area contributed by atoms with Crippen molar-refractivity contribution in [3.63, 3.8) is 0 Å². The van der Waals surface area contributed by atoms with Gasteiger partial charge in [-0.15, -0.1) is 0 Å². The molecule has 0 aliphatic rings. The van der Waals surface area contributed by atoms with E-state index in [-0.39, 0.29) is 24.1 Å². The molecule has 158 valence electrons. The van der Waals surface area contributed by atoms with Crippen LogP contribution in [0.3, 0.4) is 0 Å². The lowest BCUT2D eigenvalue weighted by molar-refractivity contribution is -0.122. The van der Waals surface area contributed by atoms with Gasteiger partial charge in [-0.05, 0) is 42.8 Å². The minimum absolute atomic E-state index is 0.186. The van der Waals surface area contributed by atoms with E-state index in [9.17, 15) is 9.59 Å². The van der Waals surface area contributed by atoms with Gasteiger partial charge in [-0.1, -0.05) is 40.2 Å². The molecule has 0 bridgehead atoms. The van der Waals surface area contributed by atoms with Crippen molar-refractivity contribution in [3.8, 4) is 17.0 Å². The van der Waals surface area contributed by atoms with Crippen molar-refractivity contribution in [2.75, 3.05) is 7.11 Å². The number of nitrogens with one attached hydrogen (secondary N) is 1. The Morgan fingerprint density at radius 3 is 2.55 bits per heavy atom. The third kappa shape index (κ3) is 4.51. The Morgan fingerprint density at radius 1 is 1.16 bits per heavy atom. The van der Waals surface area contributed by atoms with Gasteiger partial charge in [-0.3, -0.25) is 9.59 Å². The molecule has 2 aromatic carbocycles. The number of rotatable bonds is 6. The van der Waals surface area contributed by atoms with Crippen molar-refractivity contribution >= 4 is 27.4 Å². The highest BCUT2D eigenvalue weighted by Gasteiger charge is 2.14. The molecule has 4 rings (SSSR count). The Morgan fingerprint density at radius 2 is 1.87 bits per heavy atom. The highest BCUT2D eigenvalue weighted by molar-refractivity contribution is 9.10. The number of hydrogen-bond donors (Lipinski definition) is 1. The van der Waals surface area contributed by atoms with E-state index in [1.807, 2.05) is 55.5 Å². The normalized spacial score (nSPS) is 12.0. The van der Waals surface area contributed by atoms with E-state index in [0.29, 0.717) is 11.2 Å². The van der Waals surface area contributed by atoms with Crippen LogP contribution in [0.4, 0.5) is 0 Å². The second kappa shape index (κ2) is 8.73. The van der Waals surface area contributed by atoms with Gasteiger partial charge in [0, 0.05) is 10.0 Å². The molecule has 1 atom stereocenters. The molecule has 31 heavy (non-hydrogen) atoms. The monoisotopic (exact) mass is 481 g/mol. The number of aromatic nitrogens is 4. The van der Waals surface area contributed by atoms with E-state index in [2.05, 4.69) is 31.4 Å². The maximum absolute atomic E-state index is 12.8. The molecule has 1 N–H and O–H groups in total. The molecule has 8 nitrogen and oxygen atoms in total. The number of ether oxygens (including phenoxy) is 1. The van der Waals surface area contributed by atoms with Crippen LogP contribution in [0.15, 0.2) is 70.2 Å². The second-order valence-corrected chi connectivity index (χ2v) is 7.94. The molecular formula is C22H20BrN5O3. The third-order valence-corrected chi connectivity index (χ3v) is 5.45. The number of carbonyl (C=O) groups is 1. The summed E-state index contributed by atoms with van der Waals surface area (Å²) in [6.07, 6.45) is 1.43. The van der Waals surface area contributed by atoms with Crippen LogP contribution in [0, 0.1) is 0 Å². The van der Waals surface area contributed by atoms with Crippen LogP contribution in [-0.2, 0) is 11.3 Å². The number of amides is 1. The van der Waals surface area contributed by atoms with Gasteiger partial charge in [0.05, 0.1) is 18.8 Å². The fourth-order valence-electron chi connectivity index (χ4n) is 3.21. The summed E-state index contributed by atoms with van der Waals surface area (Å²) in [5.41, 5.74) is 2.43. The van der Waals surface area contributed by atoms with Crippen molar-refractivity contribution in [3.05, 3.63) is 81.3 Å². The Hall–Kier alpha value is -3.46. The van der Waals surface area contributed by atoms with E-state index in [1.54, 1.807) is 13.2 Å². The van der Waals surface area contributed by atoms with E-state index in [4.69, 9.17) is 4.74 Å². The maximum Gasteiger partial charge on any atom is 0.293 e. The fourth-order valence-corrected chi connectivity index (χ4v) is 3.48. The molecule has 0 saturated heterocycles. The van der Waals surface area contributed by atoms with Gasteiger partial charge in [-0.2, -0.15) is 10.2 Å². The summed E-state index contributed by atoms with van der Waals surface area (Å²) in [5, 5.41) is 11.4. The predicted octanol–water partition coefficient (Wildman–Crippen LogP) is 3.21. The summed E-state index contributed by atoms with van der Waals surface area (Å²) >= 11 is 3.40. The molecule has 0 saturated carbocycles. The molecule has 4 aromatic rings. The lowest BCUT2D eigenvalue weighted by Crippen LogP contribution is -2.35. The summed E-state index contributed by atoms with van der Waals surface area (Å²) in [7, 11) is 1.60. The van der Waals surface area contributed by atoms with Crippen LogP contribution in [-0.4, -0.2) is 32.4 Å². The molecule has 0 spiro atoms. The van der Waals surface area contributed by atoms with Crippen molar-refractivity contribution in [1.29, 1.82) is 0 Å². The molecule has 1 amide bonds. The van der Waals surface area contributed by atoms with E-state index in [1.165, 1.54) is 10.8 Å². The molecule has 2 heterocycles. The van der Waals surface area contributed by atoms with Crippen LogP contribution in [0.5, 0.6) is 5.75 Å². The first kappa shape index (κ1) is 20.8. The van der Waals surface area contributed by atoms with E-state index >= 15 is 0 Å². The molecule has 2 aromatic heterocycles. The quantitative estimate of drug-likeness (QED) is 0.456. The first-order chi connectivity index (χ1) is 14.9. The zero-order chi connectivity index (χ0) is 22.0. The van der Waals surface area contributed by atoms with Crippen molar-refractivity contribution in [2.24, 2.45) is 0 Å². The van der Waals surface area contributed by atoms with Gasteiger partial charge in [-0.25, -0.2) is 9.20 Å². The van der Waals surface area contributed by atoms with Gasteiger partial charge < -0.3 is 10.1 Å². The van der Waals surface area contributed by atoms with Crippen LogP contribution in [0.1, 0.15) is 18.5 Å². The largest absolute Gasteiger partial charge is 0.497 e. The third-order valence-electron chi connectivity index (χ3n) is 4.92. The Kier molecular flexibility index (Phi) is 5.85. The Balaban J connectivity index is 1.51. The molecule has 0 aliphatic carbocycles. The van der Waals surface area contributed by atoms with E-state index < -0.39 is 0 Å². The van der Waals surface area contributed by atoms with Crippen LogP contribution in [0.2, 0.25) is 0 Å². The van der Waals surface area contributed by atoms with Gasteiger partial charge >= 0.3 is 0 Å². The first-order valence-corrected chi connectivity index (χ1v) is 10.4. The number of benzene rings is 2. The van der Waals surface area contributed by atoms with Gasteiger partial charge in [0.25, 0.3) is 5.56 Å². The zero-order valence-electron chi connectivity index (χ0n) is 16.9. The lowest BCUT2D eigenvalue weighted by atomic mass is 10.1. The number of halogens is 1. The van der Waals surface area contributed by atoms with Crippen molar-refractivity contribution in [1.82, 2.24) is 24.7 Å². The number of fused-ring (bicyclic) bond motifs is 1. The van der Waals surface area contributed by atoms with E-state index in [0.717, 1.165) is 26.0 Å². The summed E-state index contributed by atoms with van der Waals surface area (Å²) in [6, 6.07) is 16.5. The predicted molar refractivity (Wildman–Crippen MR) is 120 cm³/mol. The van der Waals surface area contributed by atoms with Crippen LogP contribution < -0.4 is 15.6 Å². The number of methoxy groups -OCH3 is 1. The number of carbonyl (C=O) groups excluding carboxylic acids is 1. The standard InChI is InChI=1S/C22H20BrN5O3/c1-14(15-5-9-18(31-2)10-6-15)25-21(29)12-27-22(30)20-11-19(26-28(20)13-24-27)16-3-7-17(23)8-4-16/h3-11,13-14H,12H2,1-2H3,(H,25,29)/t14-/m0/s1. The van der Waals surface area contributed by atoms with Crippen LogP contribution in [0.25, 0.3) is 16.8 Å². The molecule has 0 aliphatic heterocycles. The molecule has 0 radical (unpaired) electrons. The molecule has 0 fully saturated rings. The van der Waals surface area contributed by atoms with Gasteiger partial charge in [0.15, 0.2) is 0 Å². The number of hydrogen-bond acceptors (Lipinski definition) is 5. The van der Waals surface area contributed by atoms with Crippen molar-refractivity contribution in [2.45, 2.75) is 19.5 Å². The lowest BCUT2D eigenvalue weighted by Gasteiger charge is -2.15. The minimum Gasteiger partial charge on any atom is -0.497 e. The Bertz CT molecular complexity index is 1280. The van der Waals surface area contributed by atoms with Gasteiger partial charge in [0.1, 0.15) is 24.1 Å². The molecular weight excluding hydrogens is 462 g/mol. The number of nitrogens with zero attached hydrogens (tertiary/aromatic N) is 4. The van der Waals surface area contributed by atoms with Crippen LogP contribution >= 0.6 is 15.9 Å². The average Bonchev–Trinajstić information content (AvgIpc) is 3.21. The first-order valence-electron chi connectivity index (χ1n) is 9.59. The smallest absolute Gasteiger partial charge is 0.293 e. The Labute approximate surface area is 186 Å². The maximum atomic E-state index is 12.8. The average molecular weight is 482 g/mol. The second-order valence-electron chi connectivity index (χ2n) is 7.02. The fraction of sp³-hybridized carbons (Fsp3) is 0.182. The zero-order valence-corrected chi connectivity index (χ0v) is 18.5. The highest BCUT2D eigenvalue weighted by Crippen LogP contribution is 2.21. The SMILES string of the molecule is COc1ccc([C@H](C)NC(=O)Cn2ncn3nc(-c4ccc(Br)cc4)cc3c2=O)cc1. The molecule has 0 unspecified atom stereocenters. The summed E-state index contributed by atoms with van der Waals surface area (Å²) < 4.78 is 8.67. The van der Waals surface area contributed by atoms with Crippen molar-refractivity contribution < 1.29 is 9.53 Å². The summed E-state index contributed by atoms with van der Waals surface area (Å²) in [6.45, 7) is 1.69.